The number of benzene rings is 1. The smallest absolute Gasteiger partial charge is 0.237 e. The lowest BCUT2D eigenvalue weighted by atomic mass is 9.94. The molecule has 0 radical (unpaired) electrons. The van der Waals surface area contributed by atoms with Crippen LogP contribution in [-0.2, 0) is 17.9 Å². The molecule has 1 aliphatic carbocycles. The number of amides is 1. The largest absolute Gasteiger partial charge is 0.345 e. The van der Waals surface area contributed by atoms with Crippen molar-refractivity contribution in [2.24, 2.45) is 0 Å². The average Bonchev–Trinajstić information content (AvgIpc) is 3.13. The van der Waals surface area contributed by atoms with Gasteiger partial charge in [-0.15, -0.1) is 0 Å². The van der Waals surface area contributed by atoms with Crippen LogP contribution in [0.15, 0.2) is 42.6 Å². The molecule has 1 heterocycles. The molecule has 4 nitrogen and oxygen atoms in total. The molecule has 2 aromatic rings. The first-order valence-electron chi connectivity index (χ1n) is 10.1. The molecule has 5 heteroatoms. The van der Waals surface area contributed by atoms with Gasteiger partial charge < -0.3 is 14.8 Å². The number of aromatic nitrogens is 1. The summed E-state index contributed by atoms with van der Waals surface area (Å²) >= 11 is 0. The van der Waals surface area contributed by atoms with Crippen molar-refractivity contribution in [3.8, 4) is 0 Å². The van der Waals surface area contributed by atoms with E-state index in [0.717, 1.165) is 30.6 Å². The topological polar surface area (TPSA) is 37.3 Å². The van der Waals surface area contributed by atoms with Gasteiger partial charge in [0, 0.05) is 24.5 Å². The van der Waals surface area contributed by atoms with E-state index in [-0.39, 0.29) is 11.7 Å². The molecular weight excluding hydrogens is 341 g/mol. The van der Waals surface area contributed by atoms with Gasteiger partial charge in [0.05, 0.1) is 13.1 Å². The fourth-order valence-corrected chi connectivity index (χ4v) is 3.86. The van der Waals surface area contributed by atoms with E-state index < -0.39 is 0 Å². The first-order valence-corrected chi connectivity index (χ1v) is 10.1. The molecule has 0 saturated heterocycles. The number of carbonyl (C=O) groups excluding carboxylic acids is 1. The number of nitrogens with zero attached hydrogens (tertiary/aromatic N) is 2. The van der Waals surface area contributed by atoms with E-state index in [1.54, 1.807) is 0 Å². The Morgan fingerprint density at radius 1 is 1.19 bits per heavy atom. The number of halogens is 1. The molecule has 1 aromatic heterocycles. The van der Waals surface area contributed by atoms with Crippen LogP contribution in [0.5, 0.6) is 0 Å². The van der Waals surface area contributed by atoms with Gasteiger partial charge in [0.1, 0.15) is 5.82 Å². The summed E-state index contributed by atoms with van der Waals surface area (Å²) in [5.41, 5.74) is 2.17. The molecule has 1 saturated carbocycles. The van der Waals surface area contributed by atoms with Gasteiger partial charge in [0.2, 0.25) is 5.91 Å². The molecule has 1 N–H and O–H groups in total. The molecule has 0 aliphatic heterocycles. The molecule has 3 rings (SSSR count). The second-order valence-electron chi connectivity index (χ2n) is 7.35. The van der Waals surface area contributed by atoms with Crippen LogP contribution in [0.4, 0.5) is 4.39 Å². The van der Waals surface area contributed by atoms with E-state index in [1.165, 1.54) is 31.4 Å². The van der Waals surface area contributed by atoms with Crippen molar-refractivity contribution in [3.05, 3.63) is 59.7 Å². The van der Waals surface area contributed by atoms with Crippen LogP contribution in [0, 0.1) is 5.82 Å². The lowest BCUT2D eigenvalue weighted by Gasteiger charge is -2.35. The van der Waals surface area contributed by atoms with Crippen molar-refractivity contribution in [3.63, 3.8) is 0 Å². The van der Waals surface area contributed by atoms with Gasteiger partial charge in [-0.05, 0) is 49.2 Å². The van der Waals surface area contributed by atoms with E-state index in [4.69, 9.17) is 0 Å². The van der Waals surface area contributed by atoms with Crippen LogP contribution >= 0.6 is 0 Å². The van der Waals surface area contributed by atoms with Gasteiger partial charge in [-0.1, -0.05) is 38.3 Å². The molecule has 1 aliphatic rings. The van der Waals surface area contributed by atoms with Gasteiger partial charge >= 0.3 is 0 Å². The summed E-state index contributed by atoms with van der Waals surface area (Å²) < 4.78 is 15.3. The lowest BCUT2D eigenvalue weighted by molar-refractivity contribution is -0.134. The standard InChI is InChI=1S/C22H30FN3O/c1-2-24-15-22(27)26(20-7-4-3-5-8-20)17-21-9-6-14-25(21)16-18-10-12-19(23)13-11-18/h6,9-14,20,24H,2-5,7-8,15-17H2,1H3. The molecule has 0 bridgehead atoms. The van der Waals surface area contributed by atoms with Crippen LogP contribution < -0.4 is 5.32 Å². The Morgan fingerprint density at radius 2 is 1.93 bits per heavy atom. The highest BCUT2D eigenvalue weighted by atomic mass is 19.1. The van der Waals surface area contributed by atoms with E-state index in [0.29, 0.717) is 25.7 Å². The number of hydrogen-bond acceptors (Lipinski definition) is 2. The van der Waals surface area contributed by atoms with E-state index in [9.17, 15) is 9.18 Å². The maximum Gasteiger partial charge on any atom is 0.237 e. The second kappa shape index (κ2) is 9.70. The molecule has 0 unspecified atom stereocenters. The van der Waals surface area contributed by atoms with E-state index in [1.807, 2.05) is 31.3 Å². The van der Waals surface area contributed by atoms with Crippen molar-refractivity contribution < 1.29 is 9.18 Å². The third kappa shape index (κ3) is 5.42. The van der Waals surface area contributed by atoms with Gasteiger partial charge in [0.15, 0.2) is 0 Å². The normalized spacial score (nSPS) is 15.0. The number of nitrogens with one attached hydrogen (secondary N) is 1. The molecule has 1 fully saturated rings. The quantitative estimate of drug-likeness (QED) is 0.763. The zero-order chi connectivity index (χ0) is 19.1. The van der Waals surface area contributed by atoms with Crippen LogP contribution in [0.1, 0.15) is 50.3 Å². The van der Waals surface area contributed by atoms with Crippen molar-refractivity contribution in [2.45, 2.75) is 58.2 Å². The summed E-state index contributed by atoms with van der Waals surface area (Å²) in [4.78, 5) is 14.9. The monoisotopic (exact) mass is 371 g/mol. The highest BCUT2D eigenvalue weighted by Gasteiger charge is 2.26. The Hall–Kier alpha value is -2.14. The first-order chi connectivity index (χ1) is 13.2. The minimum atomic E-state index is -0.219. The van der Waals surface area contributed by atoms with Crippen molar-refractivity contribution >= 4 is 5.91 Å². The fraction of sp³-hybridized carbons (Fsp3) is 0.500. The summed E-state index contributed by atoms with van der Waals surface area (Å²) in [6.45, 7) is 4.52. The van der Waals surface area contributed by atoms with Gasteiger partial charge in [-0.2, -0.15) is 0 Å². The number of hydrogen-bond donors (Lipinski definition) is 1. The zero-order valence-electron chi connectivity index (χ0n) is 16.2. The molecule has 1 amide bonds. The Bertz CT molecular complexity index is 719. The molecule has 146 valence electrons. The summed E-state index contributed by atoms with van der Waals surface area (Å²) in [5, 5.41) is 3.17. The second-order valence-corrected chi connectivity index (χ2v) is 7.35. The van der Waals surface area contributed by atoms with Crippen LogP contribution in [0.3, 0.4) is 0 Å². The number of rotatable bonds is 8. The molecule has 0 atom stereocenters. The Labute approximate surface area is 161 Å². The Morgan fingerprint density at radius 3 is 2.63 bits per heavy atom. The van der Waals surface area contributed by atoms with Gasteiger partial charge in [-0.3, -0.25) is 4.79 Å². The summed E-state index contributed by atoms with van der Waals surface area (Å²) in [5.74, 6) is -0.0396. The third-order valence-electron chi connectivity index (χ3n) is 5.38. The maximum absolute atomic E-state index is 13.2. The number of likely N-dealkylation sites (N-methyl/N-ethyl adjacent to an activating group) is 1. The summed E-state index contributed by atoms with van der Waals surface area (Å²) in [7, 11) is 0. The minimum absolute atomic E-state index is 0.179. The predicted molar refractivity (Wildman–Crippen MR) is 106 cm³/mol. The Kier molecular flexibility index (Phi) is 7.04. The predicted octanol–water partition coefficient (Wildman–Crippen LogP) is 3.95. The van der Waals surface area contributed by atoms with Crippen LogP contribution in [0.25, 0.3) is 0 Å². The van der Waals surface area contributed by atoms with E-state index >= 15 is 0 Å². The molecular formula is C22H30FN3O. The SMILES string of the molecule is CCNCC(=O)N(Cc1cccn1Cc1ccc(F)cc1)C1CCCCC1. The molecule has 1 aromatic carbocycles. The Balaban J connectivity index is 1.74. The third-order valence-corrected chi connectivity index (χ3v) is 5.38. The van der Waals surface area contributed by atoms with Crippen LogP contribution in [0.2, 0.25) is 0 Å². The summed E-state index contributed by atoms with van der Waals surface area (Å²) in [6, 6.07) is 11.0. The maximum atomic E-state index is 13.2. The minimum Gasteiger partial charge on any atom is -0.345 e. The molecule has 27 heavy (non-hydrogen) atoms. The molecule has 0 spiro atoms. The highest BCUT2D eigenvalue weighted by molar-refractivity contribution is 5.78. The van der Waals surface area contributed by atoms with E-state index in [2.05, 4.69) is 20.9 Å². The highest BCUT2D eigenvalue weighted by Crippen LogP contribution is 2.24. The first kappa shape index (κ1) is 19.6. The lowest BCUT2D eigenvalue weighted by Crippen LogP contribution is -2.45. The fourth-order valence-electron chi connectivity index (χ4n) is 3.86. The zero-order valence-corrected chi connectivity index (χ0v) is 16.2. The average molecular weight is 372 g/mol. The van der Waals surface area contributed by atoms with Crippen molar-refractivity contribution in [2.75, 3.05) is 13.1 Å². The summed E-state index contributed by atoms with van der Waals surface area (Å²) in [6.07, 6.45) is 7.89. The van der Waals surface area contributed by atoms with Crippen molar-refractivity contribution in [1.82, 2.24) is 14.8 Å². The van der Waals surface area contributed by atoms with Gasteiger partial charge in [-0.25, -0.2) is 4.39 Å². The van der Waals surface area contributed by atoms with Gasteiger partial charge in [0.25, 0.3) is 0 Å². The van der Waals surface area contributed by atoms with Crippen LogP contribution in [-0.4, -0.2) is 34.5 Å². The van der Waals surface area contributed by atoms with Crippen molar-refractivity contribution in [1.29, 1.82) is 0 Å². The number of carbonyl (C=O) groups is 1.